The van der Waals surface area contributed by atoms with Gasteiger partial charge in [-0.25, -0.2) is 4.98 Å². The second kappa shape index (κ2) is 5.14. The predicted molar refractivity (Wildman–Crippen MR) is 78.0 cm³/mol. The van der Waals surface area contributed by atoms with Gasteiger partial charge in [-0.3, -0.25) is 0 Å². The highest BCUT2D eigenvalue weighted by atomic mass is 35.5. The number of ether oxygens (including phenoxy) is 1. The molecule has 1 aliphatic heterocycles. The summed E-state index contributed by atoms with van der Waals surface area (Å²) in [5.41, 5.74) is 3.51. The zero-order chi connectivity index (χ0) is 13.4. The van der Waals surface area contributed by atoms with E-state index in [-0.39, 0.29) is 6.10 Å². The molecule has 2 atom stereocenters. The van der Waals surface area contributed by atoms with Gasteiger partial charge in [0.05, 0.1) is 23.2 Å². The minimum atomic E-state index is 0.243. The molecule has 0 spiro atoms. The maximum Gasteiger partial charge on any atom is 0.111 e. The predicted octanol–water partition coefficient (Wildman–Crippen LogP) is 3.48. The van der Waals surface area contributed by atoms with E-state index in [2.05, 4.69) is 36.6 Å². The number of alkyl halides is 1. The highest BCUT2D eigenvalue weighted by molar-refractivity contribution is 6.17. The van der Waals surface area contributed by atoms with Gasteiger partial charge in [-0.2, -0.15) is 0 Å². The molecule has 2 unspecified atom stereocenters. The fourth-order valence-corrected chi connectivity index (χ4v) is 3.12. The fourth-order valence-electron chi connectivity index (χ4n) is 2.95. The van der Waals surface area contributed by atoms with Crippen LogP contribution in [0.3, 0.4) is 0 Å². The molecule has 1 saturated heterocycles. The number of imidazole rings is 1. The van der Waals surface area contributed by atoms with Crippen molar-refractivity contribution in [3.8, 4) is 0 Å². The molecular formula is C15H19ClN2O. The van der Waals surface area contributed by atoms with E-state index in [0.29, 0.717) is 11.9 Å². The summed E-state index contributed by atoms with van der Waals surface area (Å²) in [5.74, 6) is 1.68. The first-order valence-electron chi connectivity index (χ1n) is 6.85. The average Bonchev–Trinajstić information content (AvgIpc) is 2.92. The van der Waals surface area contributed by atoms with Crippen LogP contribution in [0.2, 0.25) is 0 Å². The van der Waals surface area contributed by atoms with Gasteiger partial charge in [0.25, 0.3) is 0 Å². The summed E-state index contributed by atoms with van der Waals surface area (Å²) >= 11 is 5.93. The van der Waals surface area contributed by atoms with E-state index in [1.54, 1.807) is 0 Å². The van der Waals surface area contributed by atoms with E-state index < -0.39 is 0 Å². The van der Waals surface area contributed by atoms with Gasteiger partial charge in [0.15, 0.2) is 0 Å². The molecular weight excluding hydrogens is 260 g/mol. The number of rotatable bonds is 3. The molecule has 4 heteroatoms. The smallest absolute Gasteiger partial charge is 0.111 e. The molecule has 0 amide bonds. The van der Waals surface area contributed by atoms with E-state index in [0.717, 1.165) is 30.8 Å². The van der Waals surface area contributed by atoms with Gasteiger partial charge in [0, 0.05) is 18.9 Å². The number of fused-ring (bicyclic) bond motifs is 1. The Morgan fingerprint density at radius 2 is 2.32 bits per heavy atom. The summed E-state index contributed by atoms with van der Waals surface area (Å²) in [7, 11) is 0. The van der Waals surface area contributed by atoms with Crippen LogP contribution in [0.5, 0.6) is 0 Å². The summed E-state index contributed by atoms with van der Waals surface area (Å²) in [4.78, 5) is 4.77. The third-order valence-corrected chi connectivity index (χ3v) is 4.09. The van der Waals surface area contributed by atoms with Crippen molar-refractivity contribution in [3.63, 3.8) is 0 Å². The Kier molecular flexibility index (Phi) is 3.50. The molecule has 3 nitrogen and oxygen atoms in total. The number of hydrogen-bond acceptors (Lipinski definition) is 2. The molecule has 1 fully saturated rings. The molecule has 19 heavy (non-hydrogen) atoms. The number of nitrogens with zero attached hydrogens (tertiary/aromatic N) is 2. The molecule has 0 radical (unpaired) electrons. The lowest BCUT2D eigenvalue weighted by molar-refractivity contribution is 0.108. The standard InChI is InChI=1S/C15H19ClN2O/c1-10-3-4-14-12(9-10)17-15(5-7-16)18(14)13-6-8-19-11(13)2/h3-4,9,11,13H,5-8H2,1-2H3. The summed E-state index contributed by atoms with van der Waals surface area (Å²) in [6, 6.07) is 6.83. The second-order valence-electron chi connectivity index (χ2n) is 5.26. The third-order valence-electron chi connectivity index (χ3n) is 3.90. The first-order chi connectivity index (χ1) is 9.20. The van der Waals surface area contributed by atoms with Crippen LogP contribution in [0, 0.1) is 6.92 Å². The number of aromatic nitrogens is 2. The molecule has 0 bridgehead atoms. The SMILES string of the molecule is Cc1ccc2c(c1)nc(CCCl)n2C1CCOC1C. The van der Waals surface area contributed by atoms with Crippen molar-refractivity contribution >= 4 is 22.6 Å². The zero-order valence-corrected chi connectivity index (χ0v) is 12.2. The van der Waals surface area contributed by atoms with Crippen molar-refractivity contribution < 1.29 is 4.74 Å². The van der Waals surface area contributed by atoms with Crippen molar-refractivity contribution in [2.75, 3.05) is 12.5 Å². The maximum absolute atomic E-state index is 5.93. The lowest BCUT2D eigenvalue weighted by atomic mass is 10.1. The van der Waals surface area contributed by atoms with Gasteiger partial charge in [-0.15, -0.1) is 11.6 Å². The lowest BCUT2D eigenvalue weighted by Crippen LogP contribution is -2.19. The molecule has 1 aromatic heterocycles. The Labute approximate surface area is 118 Å². The van der Waals surface area contributed by atoms with Crippen molar-refractivity contribution in [1.82, 2.24) is 9.55 Å². The van der Waals surface area contributed by atoms with E-state index in [1.165, 1.54) is 11.1 Å². The van der Waals surface area contributed by atoms with Crippen LogP contribution >= 0.6 is 11.6 Å². The van der Waals surface area contributed by atoms with Gasteiger partial charge in [-0.05, 0) is 38.0 Å². The van der Waals surface area contributed by atoms with E-state index >= 15 is 0 Å². The molecule has 0 saturated carbocycles. The monoisotopic (exact) mass is 278 g/mol. The van der Waals surface area contributed by atoms with Crippen LogP contribution in [0.4, 0.5) is 0 Å². The van der Waals surface area contributed by atoms with Crippen LogP contribution in [-0.4, -0.2) is 28.1 Å². The Balaban J connectivity index is 2.16. The zero-order valence-electron chi connectivity index (χ0n) is 11.4. The van der Waals surface area contributed by atoms with Crippen LogP contribution in [0.15, 0.2) is 18.2 Å². The number of hydrogen-bond donors (Lipinski definition) is 0. The fraction of sp³-hybridized carbons (Fsp3) is 0.533. The lowest BCUT2D eigenvalue weighted by Gasteiger charge is -2.19. The number of halogens is 1. The van der Waals surface area contributed by atoms with E-state index in [4.69, 9.17) is 21.3 Å². The molecule has 1 aliphatic rings. The first-order valence-corrected chi connectivity index (χ1v) is 7.39. The second-order valence-corrected chi connectivity index (χ2v) is 5.64. The minimum absolute atomic E-state index is 0.243. The van der Waals surface area contributed by atoms with Crippen LogP contribution in [0.1, 0.15) is 30.8 Å². The van der Waals surface area contributed by atoms with Gasteiger partial charge < -0.3 is 9.30 Å². The van der Waals surface area contributed by atoms with Crippen LogP contribution in [-0.2, 0) is 11.2 Å². The largest absolute Gasteiger partial charge is 0.376 e. The summed E-state index contributed by atoms with van der Waals surface area (Å²) in [6.07, 6.45) is 2.10. The minimum Gasteiger partial charge on any atom is -0.376 e. The summed E-state index contributed by atoms with van der Waals surface area (Å²) in [5, 5.41) is 0. The van der Waals surface area contributed by atoms with Crippen molar-refractivity contribution in [3.05, 3.63) is 29.6 Å². The molecule has 2 aromatic rings. The van der Waals surface area contributed by atoms with Crippen molar-refractivity contribution in [2.45, 2.75) is 38.8 Å². The Morgan fingerprint density at radius 1 is 1.47 bits per heavy atom. The van der Waals surface area contributed by atoms with Gasteiger partial charge in [0.2, 0.25) is 0 Å². The van der Waals surface area contributed by atoms with Crippen molar-refractivity contribution in [2.24, 2.45) is 0 Å². The average molecular weight is 279 g/mol. The quantitative estimate of drug-likeness (QED) is 0.804. The van der Waals surface area contributed by atoms with Gasteiger partial charge >= 0.3 is 0 Å². The van der Waals surface area contributed by atoms with Crippen LogP contribution in [0.25, 0.3) is 11.0 Å². The van der Waals surface area contributed by atoms with Crippen molar-refractivity contribution in [1.29, 1.82) is 0 Å². The molecule has 3 rings (SSSR count). The van der Waals surface area contributed by atoms with Gasteiger partial charge in [0.1, 0.15) is 5.82 Å². The molecule has 1 aromatic carbocycles. The van der Waals surface area contributed by atoms with Crippen LogP contribution < -0.4 is 0 Å². The Bertz CT molecular complexity index is 593. The third kappa shape index (κ3) is 2.26. The molecule has 0 N–H and O–H groups in total. The first kappa shape index (κ1) is 12.9. The summed E-state index contributed by atoms with van der Waals surface area (Å²) < 4.78 is 8.06. The van der Waals surface area contributed by atoms with E-state index in [9.17, 15) is 0 Å². The molecule has 102 valence electrons. The maximum atomic E-state index is 5.93. The molecule has 2 heterocycles. The highest BCUT2D eigenvalue weighted by Crippen LogP contribution is 2.31. The topological polar surface area (TPSA) is 27.1 Å². The highest BCUT2D eigenvalue weighted by Gasteiger charge is 2.29. The Morgan fingerprint density at radius 3 is 3.00 bits per heavy atom. The molecule has 0 aliphatic carbocycles. The van der Waals surface area contributed by atoms with E-state index in [1.807, 2.05) is 0 Å². The normalized spacial score (nSPS) is 23.3. The number of aryl methyl sites for hydroxylation is 2. The summed E-state index contributed by atoms with van der Waals surface area (Å²) in [6.45, 7) is 5.07. The number of benzene rings is 1. The van der Waals surface area contributed by atoms with Gasteiger partial charge in [-0.1, -0.05) is 6.07 Å². The Hall–Kier alpha value is -1.06.